The number of amides is 1. The third kappa shape index (κ3) is 3.34. The fourth-order valence-corrected chi connectivity index (χ4v) is 2.25. The zero-order valence-electron chi connectivity index (χ0n) is 11.2. The number of non-ortho nitro benzene ring substituents is 1. The average Bonchev–Trinajstić information content (AvgIpc) is 2.96. The van der Waals surface area contributed by atoms with Crippen molar-refractivity contribution in [1.82, 2.24) is 4.90 Å². The molecule has 2 N–H and O–H groups in total. The van der Waals surface area contributed by atoms with Crippen LogP contribution in [-0.4, -0.2) is 40.8 Å². The van der Waals surface area contributed by atoms with Gasteiger partial charge < -0.3 is 15.4 Å². The van der Waals surface area contributed by atoms with Gasteiger partial charge in [0.15, 0.2) is 0 Å². The third-order valence-corrected chi connectivity index (χ3v) is 3.29. The van der Waals surface area contributed by atoms with Crippen molar-refractivity contribution >= 4 is 17.6 Å². The molecule has 8 nitrogen and oxygen atoms in total. The van der Waals surface area contributed by atoms with Gasteiger partial charge in [0.05, 0.1) is 11.5 Å². The van der Waals surface area contributed by atoms with Crippen molar-refractivity contribution in [1.29, 1.82) is 0 Å². The average molecular weight is 293 g/mol. The number of hydrogen-bond donors (Lipinski definition) is 1. The molecule has 1 heterocycles. The van der Waals surface area contributed by atoms with E-state index in [4.69, 9.17) is 10.5 Å². The summed E-state index contributed by atoms with van der Waals surface area (Å²) in [5.74, 6) is -0.640. The van der Waals surface area contributed by atoms with E-state index in [1.165, 1.54) is 29.2 Å². The summed E-state index contributed by atoms with van der Waals surface area (Å²) in [6.07, 6.45) is 1.24. The molecule has 0 saturated carbocycles. The zero-order chi connectivity index (χ0) is 15.4. The molecule has 112 valence electrons. The lowest BCUT2D eigenvalue weighted by atomic mass is 10.2. The van der Waals surface area contributed by atoms with Gasteiger partial charge in [0, 0.05) is 18.7 Å². The van der Waals surface area contributed by atoms with Gasteiger partial charge in [-0.1, -0.05) is 0 Å². The van der Waals surface area contributed by atoms with Gasteiger partial charge in [-0.15, -0.1) is 0 Å². The van der Waals surface area contributed by atoms with Crippen LogP contribution in [0.25, 0.3) is 0 Å². The van der Waals surface area contributed by atoms with Crippen LogP contribution in [0.15, 0.2) is 24.3 Å². The molecule has 1 fully saturated rings. The summed E-state index contributed by atoms with van der Waals surface area (Å²) in [5, 5.41) is 10.5. The van der Waals surface area contributed by atoms with Gasteiger partial charge >= 0.3 is 5.97 Å². The maximum Gasteiger partial charge on any atom is 0.334 e. The van der Waals surface area contributed by atoms with Crippen LogP contribution >= 0.6 is 0 Å². The highest BCUT2D eigenvalue weighted by Gasteiger charge is 2.34. The molecule has 0 radical (unpaired) electrons. The fraction of sp³-hybridized carbons (Fsp3) is 0.385. The van der Waals surface area contributed by atoms with Gasteiger partial charge in [-0.2, -0.15) is 0 Å². The highest BCUT2D eigenvalue weighted by molar-refractivity contribution is 5.87. The van der Waals surface area contributed by atoms with Crippen molar-refractivity contribution in [2.75, 3.05) is 13.1 Å². The maximum atomic E-state index is 12.1. The second kappa shape index (κ2) is 6.31. The predicted octanol–water partition coefficient (Wildman–Crippen LogP) is 0.450. The molecular weight excluding hydrogens is 278 g/mol. The summed E-state index contributed by atoms with van der Waals surface area (Å²) in [4.78, 5) is 35.1. The van der Waals surface area contributed by atoms with E-state index in [1.54, 1.807) is 0 Å². The monoisotopic (exact) mass is 293 g/mol. The first-order valence-corrected chi connectivity index (χ1v) is 6.48. The number of nitrogens with two attached hydrogens (primary N) is 1. The SMILES string of the molecule is NCC(=O)N1CCC[C@H]1C(=O)Oc1ccc([N+](=O)[O-])cc1. The molecule has 1 saturated heterocycles. The lowest BCUT2D eigenvalue weighted by Gasteiger charge is -2.22. The second-order valence-electron chi connectivity index (χ2n) is 4.62. The van der Waals surface area contributed by atoms with E-state index in [0.717, 1.165) is 0 Å². The summed E-state index contributed by atoms with van der Waals surface area (Å²) < 4.78 is 5.16. The van der Waals surface area contributed by atoms with Crippen LogP contribution in [0.3, 0.4) is 0 Å². The Morgan fingerprint density at radius 1 is 1.38 bits per heavy atom. The Hall–Kier alpha value is -2.48. The van der Waals surface area contributed by atoms with Crippen molar-refractivity contribution < 1.29 is 19.2 Å². The fourth-order valence-electron chi connectivity index (χ4n) is 2.25. The number of esters is 1. The molecule has 1 aromatic carbocycles. The third-order valence-electron chi connectivity index (χ3n) is 3.29. The normalized spacial score (nSPS) is 17.6. The van der Waals surface area contributed by atoms with Crippen molar-refractivity contribution in [3.05, 3.63) is 34.4 Å². The van der Waals surface area contributed by atoms with Gasteiger partial charge in [-0.05, 0) is 25.0 Å². The molecule has 2 rings (SSSR count). The molecule has 21 heavy (non-hydrogen) atoms. The van der Waals surface area contributed by atoms with Crippen molar-refractivity contribution in [3.8, 4) is 5.75 Å². The Morgan fingerprint density at radius 3 is 2.62 bits per heavy atom. The Morgan fingerprint density at radius 2 is 2.05 bits per heavy atom. The van der Waals surface area contributed by atoms with Crippen LogP contribution in [0.1, 0.15) is 12.8 Å². The number of carbonyl (C=O) groups is 2. The number of likely N-dealkylation sites (tertiary alicyclic amines) is 1. The molecule has 0 aromatic heterocycles. The number of benzene rings is 1. The minimum atomic E-state index is -0.642. The summed E-state index contributed by atoms with van der Waals surface area (Å²) >= 11 is 0. The molecule has 1 aliphatic heterocycles. The Kier molecular flexibility index (Phi) is 4.49. The van der Waals surface area contributed by atoms with Gasteiger partial charge in [-0.3, -0.25) is 14.9 Å². The topological polar surface area (TPSA) is 116 Å². The molecule has 8 heteroatoms. The molecular formula is C13H15N3O5. The van der Waals surface area contributed by atoms with E-state index >= 15 is 0 Å². The maximum absolute atomic E-state index is 12.1. The van der Waals surface area contributed by atoms with E-state index in [-0.39, 0.29) is 23.9 Å². The van der Waals surface area contributed by atoms with Crippen molar-refractivity contribution in [2.45, 2.75) is 18.9 Å². The minimum Gasteiger partial charge on any atom is -0.425 e. The molecule has 1 aliphatic rings. The number of hydrogen-bond acceptors (Lipinski definition) is 6. The van der Waals surface area contributed by atoms with Crippen molar-refractivity contribution in [2.24, 2.45) is 5.73 Å². The molecule has 1 amide bonds. The number of carbonyl (C=O) groups excluding carboxylic acids is 2. The molecule has 0 aliphatic carbocycles. The number of nitro groups is 1. The van der Waals surface area contributed by atoms with E-state index < -0.39 is 16.9 Å². The quantitative estimate of drug-likeness (QED) is 0.373. The predicted molar refractivity (Wildman–Crippen MR) is 72.5 cm³/mol. The first-order chi connectivity index (χ1) is 10.0. The molecule has 1 atom stereocenters. The van der Waals surface area contributed by atoms with E-state index in [0.29, 0.717) is 19.4 Å². The number of nitro benzene ring substituents is 1. The smallest absolute Gasteiger partial charge is 0.334 e. The zero-order valence-corrected chi connectivity index (χ0v) is 11.2. The highest BCUT2D eigenvalue weighted by Crippen LogP contribution is 2.22. The highest BCUT2D eigenvalue weighted by atomic mass is 16.6. The van der Waals surface area contributed by atoms with Crippen molar-refractivity contribution in [3.63, 3.8) is 0 Å². The summed E-state index contributed by atoms with van der Waals surface area (Å²) in [7, 11) is 0. The molecule has 0 bridgehead atoms. The molecule has 0 spiro atoms. The van der Waals surface area contributed by atoms with Gasteiger partial charge in [-0.25, -0.2) is 4.79 Å². The van der Waals surface area contributed by atoms with Crippen LogP contribution in [-0.2, 0) is 9.59 Å². The number of nitrogens with zero attached hydrogens (tertiary/aromatic N) is 2. The summed E-state index contributed by atoms with van der Waals surface area (Å²) in [6, 6.07) is 4.55. The van der Waals surface area contributed by atoms with Crippen LogP contribution in [0.4, 0.5) is 5.69 Å². The van der Waals surface area contributed by atoms with Gasteiger partial charge in [0.2, 0.25) is 5.91 Å². The van der Waals surface area contributed by atoms with Gasteiger partial charge in [0.25, 0.3) is 5.69 Å². The van der Waals surface area contributed by atoms with Crippen LogP contribution in [0.5, 0.6) is 5.75 Å². The molecule has 0 unspecified atom stereocenters. The summed E-state index contributed by atoms with van der Waals surface area (Å²) in [6.45, 7) is 0.331. The minimum absolute atomic E-state index is 0.0874. The Labute approximate surface area is 120 Å². The summed E-state index contributed by atoms with van der Waals surface area (Å²) in [5.41, 5.74) is 5.22. The number of ether oxygens (including phenoxy) is 1. The van der Waals surface area contributed by atoms with Crippen LogP contribution < -0.4 is 10.5 Å². The first kappa shape index (κ1) is 14.9. The van der Waals surface area contributed by atoms with E-state index in [2.05, 4.69) is 0 Å². The standard InChI is InChI=1S/C13H15N3O5/c14-8-12(17)15-7-1-2-11(15)13(18)21-10-5-3-9(4-6-10)16(19)20/h3-6,11H,1-2,7-8,14H2/t11-/m0/s1. The molecule has 1 aromatic rings. The first-order valence-electron chi connectivity index (χ1n) is 6.48. The second-order valence-corrected chi connectivity index (χ2v) is 4.62. The van der Waals surface area contributed by atoms with Crippen LogP contribution in [0.2, 0.25) is 0 Å². The van der Waals surface area contributed by atoms with Crippen LogP contribution in [0, 0.1) is 10.1 Å². The largest absolute Gasteiger partial charge is 0.425 e. The van der Waals surface area contributed by atoms with E-state index in [9.17, 15) is 19.7 Å². The Bertz CT molecular complexity index is 557. The lowest BCUT2D eigenvalue weighted by molar-refractivity contribution is -0.384. The van der Waals surface area contributed by atoms with E-state index in [1.807, 2.05) is 0 Å². The number of rotatable bonds is 4. The van der Waals surface area contributed by atoms with Gasteiger partial charge in [0.1, 0.15) is 11.8 Å². The Balaban J connectivity index is 2.03. The lowest BCUT2D eigenvalue weighted by Crippen LogP contribution is -2.44.